The van der Waals surface area contributed by atoms with E-state index in [1.807, 2.05) is 6.07 Å². The van der Waals surface area contributed by atoms with Crippen LogP contribution in [0.25, 0.3) is 6.08 Å². The molecule has 0 saturated carbocycles. The van der Waals surface area contributed by atoms with Crippen LogP contribution in [0.5, 0.6) is 5.75 Å². The van der Waals surface area contributed by atoms with E-state index in [0.29, 0.717) is 38.7 Å². The zero-order valence-electron chi connectivity index (χ0n) is 15.0. The Morgan fingerprint density at radius 3 is 2.86 bits per heavy atom. The summed E-state index contributed by atoms with van der Waals surface area (Å²) in [6.45, 7) is 1.82. The number of para-hydroxylation sites is 1. The molecule has 0 radical (unpaired) electrons. The summed E-state index contributed by atoms with van der Waals surface area (Å²) in [6, 6.07) is 14.2. The highest BCUT2D eigenvalue weighted by molar-refractivity contribution is 8.18. The molecule has 1 saturated heterocycles. The fourth-order valence-electron chi connectivity index (χ4n) is 2.36. The van der Waals surface area contributed by atoms with Gasteiger partial charge >= 0.3 is 5.97 Å². The number of nitrogens with one attached hydrogen (secondary N) is 1. The molecule has 1 fully saturated rings. The zero-order chi connectivity index (χ0) is 19.9. The van der Waals surface area contributed by atoms with Crippen molar-refractivity contribution in [2.45, 2.75) is 6.92 Å². The highest BCUT2D eigenvalue weighted by Crippen LogP contribution is 2.31. The number of nitrogens with zero attached hydrogens (tertiary/aromatic N) is 1. The van der Waals surface area contributed by atoms with Gasteiger partial charge in [-0.2, -0.15) is 0 Å². The van der Waals surface area contributed by atoms with E-state index in [1.54, 1.807) is 55.5 Å². The summed E-state index contributed by atoms with van der Waals surface area (Å²) in [4.78, 5) is 28.7. The monoisotopic (exact) mass is 416 g/mol. The molecule has 144 valence electrons. The van der Waals surface area contributed by atoms with Crippen molar-refractivity contribution in [3.05, 3.63) is 64.0 Å². The first-order valence-electron chi connectivity index (χ1n) is 8.48. The fraction of sp³-hybridized carbons (Fsp3) is 0.150. The summed E-state index contributed by atoms with van der Waals surface area (Å²) in [5, 5.41) is 3.76. The standard InChI is InChI=1S/C20H17ClN2O4S/c1-2-26-18(24)12-27-16-9-4-3-6-13(16)10-17-19(25)23-20(28-17)22-15-8-5-7-14(21)11-15/h3-11H,2,12H2,1H3,(H,22,23,25). The molecule has 0 aliphatic carbocycles. The van der Waals surface area contributed by atoms with Crippen molar-refractivity contribution in [1.29, 1.82) is 0 Å². The summed E-state index contributed by atoms with van der Waals surface area (Å²) in [6.07, 6.45) is 1.70. The first kappa shape index (κ1) is 20.0. The molecule has 0 spiro atoms. The molecular formula is C20H17ClN2O4S. The lowest BCUT2D eigenvalue weighted by atomic mass is 10.2. The molecule has 0 bridgehead atoms. The summed E-state index contributed by atoms with van der Waals surface area (Å²) < 4.78 is 10.4. The number of hydrogen-bond acceptors (Lipinski definition) is 6. The fourth-order valence-corrected chi connectivity index (χ4v) is 3.37. The summed E-state index contributed by atoms with van der Waals surface area (Å²) in [7, 11) is 0. The van der Waals surface area contributed by atoms with Crippen LogP contribution in [0.1, 0.15) is 12.5 Å². The van der Waals surface area contributed by atoms with E-state index < -0.39 is 5.97 Å². The number of benzene rings is 2. The Morgan fingerprint density at radius 1 is 1.25 bits per heavy atom. The second kappa shape index (κ2) is 9.43. The van der Waals surface area contributed by atoms with Gasteiger partial charge in [0.15, 0.2) is 11.8 Å². The molecule has 28 heavy (non-hydrogen) atoms. The maximum Gasteiger partial charge on any atom is 0.344 e. The molecule has 1 aliphatic heterocycles. The number of halogens is 1. The van der Waals surface area contributed by atoms with Gasteiger partial charge < -0.3 is 14.8 Å². The number of amidine groups is 1. The number of amides is 1. The lowest BCUT2D eigenvalue weighted by molar-refractivity contribution is -0.145. The quantitative estimate of drug-likeness (QED) is 0.564. The van der Waals surface area contributed by atoms with E-state index in [2.05, 4.69) is 10.3 Å². The molecule has 8 heteroatoms. The third kappa shape index (κ3) is 5.37. The maximum absolute atomic E-state index is 12.3. The van der Waals surface area contributed by atoms with E-state index in [9.17, 15) is 9.59 Å². The average molecular weight is 417 g/mol. The van der Waals surface area contributed by atoms with Crippen LogP contribution in [0.2, 0.25) is 5.02 Å². The van der Waals surface area contributed by atoms with Gasteiger partial charge in [-0.05, 0) is 49.0 Å². The number of thioether (sulfide) groups is 1. The van der Waals surface area contributed by atoms with Gasteiger partial charge in [0, 0.05) is 10.6 Å². The smallest absolute Gasteiger partial charge is 0.344 e. The van der Waals surface area contributed by atoms with Crippen LogP contribution >= 0.6 is 23.4 Å². The van der Waals surface area contributed by atoms with Crippen molar-refractivity contribution in [3.8, 4) is 5.75 Å². The van der Waals surface area contributed by atoms with E-state index in [4.69, 9.17) is 21.1 Å². The SMILES string of the molecule is CCOC(=O)COc1ccccc1C=C1SC(=Nc2cccc(Cl)c2)NC1=O. The second-order valence-electron chi connectivity index (χ2n) is 5.59. The molecule has 2 aromatic rings. The first-order valence-corrected chi connectivity index (χ1v) is 9.67. The van der Waals surface area contributed by atoms with Crippen molar-refractivity contribution in [2.24, 2.45) is 4.99 Å². The number of esters is 1. The van der Waals surface area contributed by atoms with E-state index in [0.717, 1.165) is 0 Å². The van der Waals surface area contributed by atoms with Crippen LogP contribution in [0.4, 0.5) is 5.69 Å². The number of carbonyl (C=O) groups excluding carboxylic acids is 2. The normalized spacial score (nSPS) is 16.3. The molecule has 1 N–H and O–H groups in total. The summed E-state index contributed by atoms with van der Waals surface area (Å²) in [5.41, 5.74) is 1.32. The molecular weight excluding hydrogens is 400 g/mol. The van der Waals surface area contributed by atoms with Gasteiger partial charge in [0.1, 0.15) is 5.75 Å². The van der Waals surface area contributed by atoms with Gasteiger partial charge in [-0.15, -0.1) is 0 Å². The molecule has 0 atom stereocenters. The van der Waals surface area contributed by atoms with Gasteiger partial charge in [-0.3, -0.25) is 4.79 Å². The van der Waals surface area contributed by atoms with Crippen LogP contribution in [-0.4, -0.2) is 30.3 Å². The number of rotatable bonds is 6. The van der Waals surface area contributed by atoms with Gasteiger partial charge in [0.2, 0.25) is 0 Å². The highest BCUT2D eigenvalue weighted by Gasteiger charge is 2.24. The van der Waals surface area contributed by atoms with Crippen LogP contribution in [-0.2, 0) is 14.3 Å². The Hall–Kier alpha value is -2.77. The Bertz CT molecular complexity index is 959. The van der Waals surface area contributed by atoms with Crippen LogP contribution in [0, 0.1) is 0 Å². The lowest BCUT2D eigenvalue weighted by Gasteiger charge is -2.08. The molecule has 1 aliphatic rings. The Kier molecular flexibility index (Phi) is 6.73. The largest absolute Gasteiger partial charge is 0.481 e. The first-order chi connectivity index (χ1) is 13.5. The molecule has 6 nitrogen and oxygen atoms in total. The molecule has 1 heterocycles. The predicted molar refractivity (Wildman–Crippen MR) is 111 cm³/mol. The van der Waals surface area contributed by atoms with Crippen LogP contribution < -0.4 is 10.1 Å². The predicted octanol–water partition coefficient (Wildman–Crippen LogP) is 4.17. The van der Waals surface area contributed by atoms with Crippen molar-refractivity contribution in [3.63, 3.8) is 0 Å². The van der Waals surface area contributed by atoms with Crippen molar-refractivity contribution in [2.75, 3.05) is 13.2 Å². The van der Waals surface area contributed by atoms with Crippen molar-refractivity contribution in [1.82, 2.24) is 5.32 Å². The minimum atomic E-state index is -0.450. The third-order valence-electron chi connectivity index (χ3n) is 3.55. The minimum absolute atomic E-state index is 0.200. The molecule has 3 rings (SSSR count). The average Bonchev–Trinajstić information content (AvgIpc) is 3.00. The second-order valence-corrected chi connectivity index (χ2v) is 7.06. The maximum atomic E-state index is 12.3. The molecule has 2 aromatic carbocycles. The Morgan fingerprint density at radius 2 is 2.07 bits per heavy atom. The number of carbonyl (C=O) groups is 2. The molecule has 1 amide bonds. The van der Waals surface area contributed by atoms with E-state index in [1.165, 1.54) is 11.8 Å². The summed E-state index contributed by atoms with van der Waals surface area (Å²) >= 11 is 7.18. The molecule has 0 unspecified atom stereocenters. The van der Waals surface area contributed by atoms with Gasteiger partial charge in [-0.1, -0.05) is 35.9 Å². The molecule has 0 aromatic heterocycles. The number of aliphatic imine (C=N–C) groups is 1. The Balaban J connectivity index is 1.77. The van der Waals surface area contributed by atoms with Crippen LogP contribution in [0.15, 0.2) is 58.4 Å². The number of hydrogen-bond donors (Lipinski definition) is 1. The van der Waals surface area contributed by atoms with Gasteiger partial charge in [0.05, 0.1) is 17.2 Å². The third-order valence-corrected chi connectivity index (χ3v) is 4.69. The van der Waals surface area contributed by atoms with Crippen molar-refractivity contribution >= 4 is 52.2 Å². The highest BCUT2D eigenvalue weighted by atomic mass is 35.5. The number of ether oxygens (including phenoxy) is 2. The van der Waals surface area contributed by atoms with Crippen LogP contribution in [0.3, 0.4) is 0 Å². The topological polar surface area (TPSA) is 77.0 Å². The zero-order valence-corrected chi connectivity index (χ0v) is 16.5. The van der Waals surface area contributed by atoms with Crippen molar-refractivity contribution < 1.29 is 19.1 Å². The lowest BCUT2D eigenvalue weighted by Crippen LogP contribution is -2.19. The van der Waals surface area contributed by atoms with E-state index in [-0.39, 0.29) is 12.5 Å². The van der Waals surface area contributed by atoms with E-state index >= 15 is 0 Å². The minimum Gasteiger partial charge on any atom is -0.481 e. The van der Waals surface area contributed by atoms with Gasteiger partial charge in [-0.25, -0.2) is 9.79 Å². The van der Waals surface area contributed by atoms with Gasteiger partial charge in [0.25, 0.3) is 5.91 Å². The summed E-state index contributed by atoms with van der Waals surface area (Å²) in [5.74, 6) is -0.225. The Labute approximate surface area is 171 Å².